The predicted octanol–water partition coefficient (Wildman–Crippen LogP) is 1.17. The lowest BCUT2D eigenvalue weighted by molar-refractivity contribution is 0.553. The van der Waals surface area contributed by atoms with Gasteiger partial charge < -0.3 is 11.1 Å². The second kappa shape index (κ2) is 5.73. The first-order valence-electron chi connectivity index (χ1n) is 5.22. The smallest absolute Gasteiger partial charge is 0.0441 e. The van der Waals surface area contributed by atoms with Gasteiger partial charge in [-0.05, 0) is 18.9 Å². The zero-order valence-corrected chi connectivity index (χ0v) is 8.03. The van der Waals surface area contributed by atoms with E-state index in [1.165, 1.54) is 5.56 Å². The zero-order chi connectivity index (χ0) is 10.4. The van der Waals surface area contributed by atoms with Crippen molar-refractivity contribution in [2.24, 2.45) is 5.73 Å². The summed E-state index contributed by atoms with van der Waals surface area (Å²) in [5.74, 6) is 0. The van der Waals surface area contributed by atoms with Crippen LogP contribution in [-0.4, -0.2) is 19.1 Å². The quantitative estimate of drug-likeness (QED) is 0.712. The van der Waals surface area contributed by atoms with E-state index in [1.807, 2.05) is 18.2 Å². The van der Waals surface area contributed by atoms with Crippen molar-refractivity contribution in [3.8, 4) is 0 Å². The van der Waals surface area contributed by atoms with Crippen LogP contribution in [0.25, 0.3) is 0 Å². The van der Waals surface area contributed by atoms with Crippen LogP contribution in [0.1, 0.15) is 13.9 Å². The molecule has 1 rings (SSSR count). The second-order valence-electron chi connectivity index (χ2n) is 3.20. The molecule has 0 aliphatic rings. The number of benzene rings is 1. The Labute approximate surface area is 81.6 Å². The summed E-state index contributed by atoms with van der Waals surface area (Å²) in [6, 6.07) is 10.6. The van der Waals surface area contributed by atoms with Gasteiger partial charge in [-0.1, -0.05) is 30.3 Å². The van der Waals surface area contributed by atoms with Gasteiger partial charge >= 0.3 is 0 Å². The highest BCUT2D eigenvalue weighted by Crippen LogP contribution is 2.01. The summed E-state index contributed by atoms with van der Waals surface area (Å²) >= 11 is 0. The summed E-state index contributed by atoms with van der Waals surface area (Å²) < 4.78 is 7.48. The molecule has 1 aromatic carbocycles. The molecule has 0 saturated carbocycles. The van der Waals surface area contributed by atoms with Crippen molar-refractivity contribution >= 4 is 0 Å². The fourth-order valence-electron chi connectivity index (χ4n) is 1.30. The summed E-state index contributed by atoms with van der Waals surface area (Å²) in [4.78, 5) is 0. The molecule has 0 bridgehead atoms. The molecule has 0 fully saturated rings. The molecule has 2 nitrogen and oxygen atoms in total. The fourth-order valence-corrected chi connectivity index (χ4v) is 1.30. The van der Waals surface area contributed by atoms with E-state index in [-0.39, 0.29) is 6.52 Å². The van der Waals surface area contributed by atoms with Gasteiger partial charge in [-0.2, -0.15) is 0 Å². The largest absolute Gasteiger partial charge is 0.329 e. The van der Waals surface area contributed by atoms with E-state index >= 15 is 0 Å². The van der Waals surface area contributed by atoms with Crippen LogP contribution in [-0.2, 0) is 6.42 Å². The monoisotopic (exact) mass is 179 g/mol. The molecule has 0 spiro atoms. The van der Waals surface area contributed by atoms with Gasteiger partial charge in [-0.15, -0.1) is 0 Å². The van der Waals surface area contributed by atoms with E-state index in [0.29, 0.717) is 12.6 Å². The first-order valence-corrected chi connectivity index (χ1v) is 4.64. The standard InChI is InChI=1S/C11H18N2/c1-10(13-8-7-12)9-11-5-3-2-4-6-11/h2-6,10,13H,7-9,12H2,1H3/i8D. The molecule has 2 heteroatoms. The molecule has 0 aromatic heterocycles. The second-order valence-corrected chi connectivity index (χ2v) is 3.20. The van der Waals surface area contributed by atoms with Crippen LogP contribution in [0.2, 0.25) is 0 Å². The van der Waals surface area contributed by atoms with Crippen LogP contribution in [0.3, 0.4) is 0 Å². The Hall–Kier alpha value is -0.860. The van der Waals surface area contributed by atoms with Crippen LogP contribution in [0.5, 0.6) is 0 Å². The minimum absolute atomic E-state index is 0.295. The molecular formula is C11H18N2. The molecular weight excluding hydrogens is 160 g/mol. The van der Waals surface area contributed by atoms with Gasteiger partial charge in [0.2, 0.25) is 0 Å². The van der Waals surface area contributed by atoms with E-state index in [9.17, 15) is 0 Å². The van der Waals surface area contributed by atoms with Crippen molar-refractivity contribution in [1.82, 2.24) is 5.32 Å². The lowest BCUT2D eigenvalue weighted by Gasteiger charge is -2.12. The molecule has 0 aliphatic carbocycles. The lowest BCUT2D eigenvalue weighted by atomic mass is 10.1. The molecule has 1 aromatic rings. The molecule has 0 aliphatic heterocycles. The Morgan fingerprint density at radius 3 is 2.77 bits per heavy atom. The SMILES string of the molecule is [2H]C(CN)NC(C)Cc1ccccc1. The van der Waals surface area contributed by atoms with E-state index in [4.69, 9.17) is 7.10 Å². The summed E-state index contributed by atoms with van der Waals surface area (Å²) in [6.07, 6.45) is 0.941. The average molecular weight is 179 g/mol. The van der Waals surface area contributed by atoms with E-state index in [1.54, 1.807) is 0 Å². The van der Waals surface area contributed by atoms with Crippen molar-refractivity contribution in [2.75, 3.05) is 13.1 Å². The summed E-state index contributed by atoms with van der Waals surface area (Å²) in [5.41, 5.74) is 6.65. The minimum Gasteiger partial charge on any atom is -0.329 e. The first kappa shape index (κ1) is 8.73. The molecule has 13 heavy (non-hydrogen) atoms. The summed E-state index contributed by atoms with van der Waals surface area (Å²) in [5, 5.41) is 3.12. The highest BCUT2D eigenvalue weighted by atomic mass is 14.9. The third-order valence-corrected chi connectivity index (χ3v) is 1.90. The lowest BCUT2D eigenvalue weighted by Crippen LogP contribution is -2.32. The zero-order valence-electron chi connectivity index (χ0n) is 9.03. The third kappa shape index (κ3) is 4.06. The van der Waals surface area contributed by atoms with Crippen LogP contribution in [0, 0.1) is 0 Å². The first-order chi connectivity index (χ1) is 6.72. The van der Waals surface area contributed by atoms with E-state index in [0.717, 1.165) is 6.42 Å². The third-order valence-electron chi connectivity index (χ3n) is 1.90. The van der Waals surface area contributed by atoms with Crippen LogP contribution < -0.4 is 11.1 Å². The van der Waals surface area contributed by atoms with Crippen LogP contribution >= 0.6 is 0 Å². The van der Waals surface area contributed by atoms with Crippen molar-refractivity contribution in [3.05, 3.63) is 35.9 Å². The highest BCUT2D eigenvalue weighted by Gasteiger charge is 2.00. The van der Waals surface area contributed by atoms with Gasteiger partial charge in [0.15, 0.2) is 0 Å². The predicted molar refractivity (Wildman–Crippen MR) is 56.7 cm³/mol. The number of nitrogens with one attached hydrogen (secondary N) is 1. The molecule has 2 unspecified atom stereocenters. The van der Waals surface area contributed by atoms with Gasteiger partial charge in [-0.25, -0.2) is 0 Å². The number of hydrogen-bond donors (Lipinski definition) is 2. The van der Waals surface area contributed by atoms with Crippen LogP contribution in [0.4, 0.5) is 0 Å². The highest BCUT2D eigenvalue weighted by molar-refractivity contribution is 5.15. The maximum absolute atomic E-state index is 7.48. The van der Waals surface area contributed by atoms with Gasteiger partial charge in [0.1, 0.15) is 0 Å². The minimum atomic E-state index is -0.353. The Morgan fingerprint density at radius 1 is 1.46 bits per heavy atom. The molecule has 72 valence electrons. The molecule has 2 atom stereocenters. The Balaban J connectivity index is 2.37. The molecule has 3 N–H and O–H groups in total. The maximum Gasteiger partial charge on any atom is 0.0441 e. The van der Waals surface area contributed by atoms with Crippen molar-refractivity contribution in [3.63, 3.8) is 0 Å². The van der Waals surface area contributed by atoms with Crippen molar-refractivity contribution < 1.29 is 1.37 Å². The fraction of sp³-hybridized carbons (Fsp3) is 0.455. The Morgan fingerprint density at radius 2 is 2.15 bits per heavy atom. The van der Waals surface area contributed by atoms with Crippen molar-refractivity contribution in [1.29, 1.82) is 0 Å². The maximum atomic E-state index is 7.48. The van der Waals surface area contributed by atoms with E-state index < -0.39 is 0 Å². The Bertz CT molecular complexity index is 251. The molecule has 0 saturated heterocycles. The topological polar surface area (TPSA) is 38.0 Å². The van der Waals surface area contributed by atoms with Gasteiger partial charge in [0.05, 0.1) is 0 Å². The number of nitrogens with two attached hydrogens (primary N) is 1. The molecule has 0 heterocycles. The molecule has 0 amide bonds. The number of rotatable bonds is 5. The normalized spacial score (nSPS) is 16.3. The van der Waals surface area contributed by atoms with Crippen molar-refractivity contribution in [2.45, 2.75) is 19.4 Å². The summed E-state index contributed by atoms with van der Waals surface area (Å²) in [6.45, 7) is 2.08. The Kier molecular flexibility index (Phi) is 3.85. The van der Waals surface area contributed by atoms with Gasteiger partial charge in [0.25, 0.3) is 0 Å². The number of hydrogen-bond acceptors (Lipinski definition) is 2. The summed E-state index contributed by atoms with van der Waals surface area (Å²) in [7, 11) is 0. The molecule has 0 radical (unpaired) electrons. The van der Waals surface area contributed by atoms with Crippen LogP contribution in [0.15, 0.2) is 30.3 Å². The average Bonchev–Trinajstić information content (AvgIpc) is 2.19. The van der Waals surface area contributed by atoms with Gasteiger partial charge in [0, 0.05) is 20.5 Å². The van der Waals surface area contributed by atoms with Gasteiger partial charge in [-0.3, -0.25) is 0 Å². The van der Waals surface area contributed by atoms with E-state index in [2.05, 4.69) is 24.4 Å².